The van der Waals surface area contributed by atoms with E-state index in [0.29, 0.717) is 30.0 Å². The molecule has 0 aliphatic carbocycles. The van der Waals surface area contributed by atoms with Crippen LogP contribution in [0.1, 0.15) is 18.9 Å². The van der Waals surface area contributed by atoms with Crippen LogP contribution in [0.2, 0.25) is 0 Å². The lowest BCUT2D eigenvalue weighted by Gasteiger charge is -2.12. The molecule has 2 aromatic carbocycles. The van der Waals surface area contributed by atoms with Crippen LogP contribution in [-0.4, -0.2) is 27.5 Å². The van der Waals surface area contributed by atoms with Crippen molar-refractivity contribution in [3.05, 3.63) is 53.8 Å². The summed E-state index contributed by atoms with van der Waals surface area (Å²) < 4.78 is 45.0. The zero-order valence-corrected chi connectivity index (χ0v) is 15.4. The van der Waals surface area contributed by atoms with Gasteiger partial charge in [0.05, 0.1) is 4.90 Å². The number of hydrogen-bond acceptors (Lipinski definition) is 4. The van der Waals surface area contributed by atoms with Gasteiger partial charge in [0.1, 0.15) is 11.6 Å². The van der Waals surface area contributed by atoms with Crippen molar-refractivity contribution in [3.63, 3.8) is 0 Å². The molecule has 2 N–H and O–H groups in total. The van der Waals surface area contributed by atoms with Crippen molar-refractivity contribution in [2.45, 2.75) is 25.2 Å². The van der Waals surface area contributed by atoms with Gasteiger partial charge in [-0.25, -0.2) is 17.5 Å². The van der Waals surface area contributed by atoms with E-state index in [1.165, 1.54) is 42.5 Å². The van der Waals surface area contributed by atoms with Gasteiger partial charge in [-0.1, -0.05) is 6.92 Å². The van der Waals surface area contributed by atoms with E-state index in [-0.39, 0.29) is 11.5 Å². The van der Waals surface area contributed by atoms with Gasteiger partial charge in [-0.3, -0.25) is 4.79 Å². The van der Waals surface area contributed by atoms with E-state index in [2.05, 4.69) is 10.0 Å². The molecule has 0 radical (unpaired) electrons. The Morgan fingerprint density at radius 2 is 1.85 bits per heavy atom. The molecular weight excluding hydrogens is 359 g/mol. The molecule has 0 spiro atoms. The van der Waals surface area contributed by atoms with Crippen molar-refractivity contribution >= 4 is 21.6 Å². The fraction of sp³-hybridized carbons (Fsp3) is 0.278. The number of hydrogen-bond donors (Lipinski definition) is 2. The minimum Gasteiger partial charge on any atom is -0.483 e. The van der Waals surface area contributed by atoms with Crippen molar-refractivity contribution in [3.8, 4) is 5.75 Å². The summed E-state index contributed by atoms with van der Waals surface area (Å²) in [5, 5.41) is 2.58. The van der Waals surface area contributed by atoms with Crippen LogP contribution in [0.25, 0.3) is 0 Å². The van der Waals surface area contributed by atoms with Crippen LogP contribution in [0, 0.1) is 12.7 Å². The predicted octanol–water partition coefficient (Wildman–Crippen LogP) is 2.84. The average molecular weight is 380 g/mol. The summed E-state index contributed by atoms with van der Waals surface area (Å²) in [6.45, 7) is 3.69. The Hall–Kier alpha value is -2.45. The normalized spacial score (nSPS) is 11.2. The van der Waals surface area contributed by atoms with Crippen LogP contribution >= 0.6 is 0 Å². The number of sulfonamides is 1. The summed E-state index contributed by atoms with van der Waals surface area (Å²) in [6, 6.07) is 9.81. The zero-order valence-electron chi connectivity index (χ0n) is 14.6. The smallest absolute Gasteiger partial charge is 0.262 e. The van der Waals surface area contributed by atoms with Crippen LogP contribution < -0.4 is 14.8 Å². The molecule has 0 fully saturated rings. The van der Waals surface area contributed by atoms with Crippen LogP contribution in [0.15, 0.2) is 47.4 Å². The molecule has 8 heteroatoms. The van der Waals surface area contributed by atoms with Gasteiger partial charge >= 0.3 is 0 Å². The molecule has 26 heavy (non-hydrogen) atoms. The van der Waals surface area contributed by atoms with E-state index in [1.807, 2.05) is 6.92 Å². The summed E-state index contributed by atoms with van der Waals surface area (Å²) >= 11 is 0. The second kappa shape index (κ2) is 8.77. The molecule has 1 amide bonds. The molecule has 0 heterocycles. The predicted molar refractivity (Wildman–Crippen MR) is 97.2 cm³/mol. The number of benzene rings is 2. The van der Waals surface area contributed by atoms with Gasteiger partial charge in [0.25, 0.3) is 5.91 Å². The van der Waals surface area contributed by atoms with E-state index >= 15 is 0 Å². The average Bonchev–Trinajstić information content (AvgIpc) is 2.61. The van der Waals surface area contributed by atoms with Gasteiger partial charge < -0.3 is 10.1 Å². The van der Waals surface area contributed by atoms with E-state index in [0.717, 1.165) is 0 Å². The summed E-state index contributed by atoms with van der Waals surface area (Å²) in [5.74, 6) is -0.385. The number of rotatable bonds is 8. The number of carbonyl (C=O) groups excluding carboxylic acids is 1. The Labute approximate surface area is 152 Å². The van der Waals surface area contributed by atoms with Gasteiger partial charge in [-0.05, 0) is 61.4 Å². The molecule has 140 valence electrons. The third-order valence-electron chi connectivity index (χ3n) is 3.49. The molecule has 0 atom stereocenters. The summed E-state index contributed by atoms with van der Waals surface area (Å²) in [6.07, 6.45) is 0.697. The molecule has 2 aromatic rings. The van der Waals surface area contributed by atoms with Gasteiger partial charge in [0, 0.05) is 12.2 Å². The number of ether oxygens (including phenoxy) is 1. The molecule has 0 saturated heterocycles. The van der Waals surface area contributed by atoms with Crippen molar-refractivity contribution < 1.29 is 22.3 Å². The van der Waals surface area contributed by atoms with Crippen LogP contribution in [0.5, 0.6) is 5.75 Å². The van der Waals surface area contributed by atoms with Gasteiger partial charge in [-0.2, -0.15) is 0 Å². The molecule has 0 saturated carbocycles. The number of halogens is 1. The minimum absolute atomic E-state index is 0.145. The SMILES string of the molecule is CCCNS(=O)(=O)c1ccc(OCC(=O)Nc2ccc(F)cc2)c(C)c1. The molecule has 0 bridgehead atoms. The van der Waals surface area contributed by atoms with Crippen molar-refractivity contribution in [1.29, 1.82) is 0 Å². The second-order valence-corrected chi connectivity index (χ2v) is 7.44. The first-order valence-electron chi connectivity index (χ1n) is 8.10. The first-order chi connectivity index (χ1) is 12.3. The van der Waals surface area contributed by atoms with Gasteiger partial charge in [-0.15, -0.1) is 0 Å². The Morgan fingerprint density at radius 1 is 1.15 bits per heavy atom. The first kappa shape index (κ1) is 19.9. The van der Waals surface area contributed by atoms with Gasteiger partial charge in [0.2, 0.25) is 10.0 Å². The van der Waals surface area contributed by atoms with Crippen molar-refractivity contribution in [2.24, 2.45) is 0 Å². The largest absolute Gasteiger partial charge is 0.483 e. The van der Waals surface area contributed by atoms with Crippen LogP contribution in [0.4, 0.5) is 10.1 Å². The lowest BCUT2D eigenvalue weighted by molar-refractivity contribution is -0.118. The van der Waals surface area contributed by atoms with E-state index < -0.39 is 21.7 Å². The number of aryl methyl sites for hydroxylation is 1. The standard InChI is InChI=1S/C18H21FN2O4S/c1-3-10-20-26(23,24)16-8-9-17(13(2)11-16)25-12-18(22)21-15-6-4-14(19)5-7-15/h4-9,11,20H,3,10,12H2,1-2H3,(H,21,22). The molecule has 0 aliphatic rings. The quantitative estimate of drug-likeness (QED) is 0.738. The van der Waals surface area contributed by atoms with Crippen molar-refractivity contribution in [2.75, 3.05) is 18.5 Å². The van der Waals surface area contributed by atoms with Crippen LogP contribution in [-0.2, 0) is 14.8 Å². The zero-order chi connectivity index (χ0) is 19.2. The summed E-state index contributed by atoms with van der Waals surface area (Å²) in [4.78, 5) is 12.0. The highest BCUT2D eigenvalue weighted by atomic mass is 32.2. The summed E-state index contributed by atoms with van der Waals surface area (Å²) in [5.41, 5.74) is 1.05. The van der Waals surface area contributed by atoms with Crippen LogP contribution in [0.3, 0.4) is 0 Å². The third-order valence-corrected chi connectivity index (χ3v) is 4.94. The number of amides is 1. The molecule has 2 rings (SSSR count). The topological polar surface area (TPSA) is 84.5 Å². The molecule has 0 unspecified atom stereocenters. The highest BCUT2D eigenvalue weighted by molar-refractivity contribution is 7.89. The number of nitrogens with one attached hydrogen (secondary N) is 2. The van der Waals surface area contributed by atoms with E-state index in [9.17, 15) is 17.6 Å². The maximum absolute atomic E-state index is 12.8. The highest BCUT2D eigenvalue weighted by Crippen LogP contribution is 2.22. The molecular formula is C18H21FN2O4S. The lowest BCUT2D eigenvalue weighted by Crippen LogP contribution is -2.24. The number of carbonyl (C=O) groups is 1. The number of anilines is 1. The van der Waals surface area contributed by atoms with E-state index in [1.54, 1.807) is 6.92 Å². The summed E-state index contributed by atoms with van der Waals surface area (Å²) in [7, 11) is -3.55. The Bertz CT molecular complexity index is 867. The van der Waals surface area contributed by atoms with Gasteiger partial charge in [0.15, 0.2) is 6.61 Å². The molecule has 6 nitrogen and oxygen atoms in total. The highest BCUT2D eigenvalue weighted by Gasteiger charge is 2.15. The third kappa shape index (κ3) is 5.53. The van der Waals surface area contributed by atoms with Crippen molar-refractivity contribution in [1.82, 2.24) is 4.72 Å². The lowest BCUT2D eigenvalue weighted by atomic mass is 10.2. The molecule has 0 aromatic heterocycles. The first-order valence-corrected chi connectivity index (χ1v) is 9.58. The Morgan fingerprint density at radius 3 is 2.46 bits per heavy atom. The Balaban J connectivity index is 1.97. The maximum atomic E-state index is 12.8. The Kier molecular flexibility index (Phi) is 6.70. The second-order valence-electron chi connectivity index (χ2n) is 5.67. The fourth-order valence-electron chi connectivity index (χ4n) is 2.14. The monoisotopic (exact) mass is 380 g/mol. The molecule has 0 aliphatic heterocycles. The fourth-order valence-corrected chi connectivity index (χ4v) is 3.36. The maximum Gasteiger partial charge on any atom is 0.262 e. The minimum atomic E-state index is -3.55. The van der Waals surface area contributed by atoms with E-state index in [4.69, 9.17) is 4.74 Å².